The SMILES string of the molecule is CNCc1cccc(-c2cc(O)cc3ccc(CC(=O)O[C@H]4C[C@@H]5c6cc(OC)c(O)cc6C[C@@H](CCCO)[C@H]5[C@@]5(/C=C/c6ccccc6)Cc6cc(O)c(OC)cc6C[C@@H]5[C@H](OC(C)=O)C4)cc23)c1. The lowest BCUT2D eigenvalue weighted by atomic mass is 9.47. The van der Waals surface area contributed by atoms with Crippen molar-refractivity contribution in [1.29, 1.82) is 0 Å². The number of ether oxygens (including phenoxy) is 4. The molecule has 0 bridgehead atoms. The molecule has 0 radical (unpaired) electrons. The molecule has 5 N–H and O–H groups in total. The third-order valence-electron chi connectivity index (χ3n) is 15.2. The topological polar surface area (TPSA) is 164 Å². The smallest absolute Gasteiger partial charge is 0.310 e. The van der Waals surface area contributed by atoms with Crippen LogP contribution in [0.5, 0.6) is 28.7 Å². The first-order valence-corrected chi connectivity index (χ1v) is 24.4. The van der Waals surface area contributed by atoms with Gasteiger partial charge < -0.3 is 44.7 Å². The summed E-state index contributed by atoms with van der Waals surface area (Å²) in [6.07, 6.45) is 6.43. The van der Waals surface area contributed by atoms with E-state index in [1.807, 2.05) is 73.8 Å². The second-order valence-corrected chi connectivity index (χ2v) is 19.5. The van der Waals surface area contributed by atoms with Crippen molar-refractivity contribution in [2.45, 2.75) is 83.0 Å². The van der Waals surface area contributed by atoms with Crippen molar-refractivity contribution in [2.24, 2.45) is 23.2 Å². The molecule has 0 saturated heterocycles. The number of phenolic OH excluding ortho intramolecular Hbond substituents is 3. The molecule has 6 aromatic carbocycles. The van der Waals surface area contributed by atoms with E-state index in [2.05, 4.69) is 41.7 Å². The summed E-state index contributed by atoms with van der Waals surface area (Å²) in [5.41, 5.74) is 7.82. The Kier molecular flexibility index (Phi) is 14.2. The molecule has 0 aromatic heterocycles. The summed E-state index contributed by atoms with van der Waals surface area (Å²) in [6.45, 7) is 2.11. The van der Waals surface area contributed by atoms with Gasteiger partial charge in [-0.05, 0) is 173 Å². The maximum absolute atomic E-state index is 14.6. The van der Waals surface area contributed by atoms with Crippen LogP contribution in [0.3, 0.4) is 0 Å². The molecule has 11 heteroatoms. The summed E-state index contributed by atoms with van der Waals surface area (Å²) in [6, 6.07) is 35.0. The zero-order valence-corrected chi connectivity index (χ0v) is 40.3. The minimum Gasteiger partial charge on any atom is -0.508 e. The number of methoxy groups -OCH3 is 2. The Morgan fingerprint density at radius 2 is 1.56 bits per heavy atom. The van der Waals surface area contributed by atoms with E-state index in [1.54, 1.807) is 18.2 Å². The van der Waals surface area contributed by atoms with E-state index in [4.69, 9.17) is 18.9 Å². The minimum atomic E-state index is -0.712. The zero-order valence-electron chi connectivity index (χ0n) is 40.3. The van der Waals surface area contributed by atoms with Gasteiger partial charge in [0.25, 0.3) is 0 Å². The summed E-state index contributed by atoms with van der Waals surface area (Å²) in [5, 5.41) is 48.6. The van der Waals surface area contributed by atoms with Crippen molar-refractivity contribution < 1.29 is 49.0 Å². The Hall–Kier alpha value is -6.82. The third kappa shape index (κ3) is 9.82. The minimum absolute atomic E-state index is 0.00213. The fourth-order valence-electron chi connectivity index (χ4n) is 12.4. The van der Waals surface area contributed by atoms with Gasteiger partial charge in [0.1, 0.15) is 18.0 Å². The van der Waals surface area contributed by atoms with Crippen molar-refractivity contribution in [3.63, 3.8) is 0 Å². The van der Waals surface area contributed by atoms with E-state index in [9.17, 15) is 30.0 Å². The first-order valence-electron chi connectivity index (χ1n) is 24.4. The van der Waals surface area contributed by atoms with Gasteiger partial charge in [-0.2, -0.15) is 0 Å². The van der Waals surface area contributed by atoms with E-state index in [0.717, 1.165) is 60.8 Å². The fraction of sp³-hybridized carbons (Fsp3) is 0.356. The van der Waals surface area contributed by atoms with Crippen LogP contribution in [0.1, 0.15) is 77.5 Å². The monoisotopic (exact) mass is 945 g/mol. The Labute approximate surface area is 409 Å². The first kappa shape index (κ1) is 48.2. The molecule has 70 heavy (non-hydrogen) atoms. The van der Waals surface area contributed by atoms with Crippen LogP contribution in [0, 0.1) is 23.2 Å². The molecule has 0 unspecified atom stereocenters. The van der Waals surface area contributed by atoms with Crippen LogP contribution < -0.4 is 14.8 Å². The number of aliphatic hydroxyl groups is 1. The Morgan fingerprint density at radius 1 is 0.786 bits per heavy atom. The molecule has 0 spiro atoms. The van der Waals surface area contributed by atoms with E-state index >= 15 is 0 Å². The fourth-order valence-corrected chi connectivity index (χ4v) is 12.4. The van der Waals surface area contributed by atoms with Gasteiger partial charge in [-0.3, -0.25) is 9.59 Å². The summed E-state index contributed by atoms with van der Waals surface area (Å²) in [7, 11) is 4.97. The lowest BCUT2D eigenvalue weighted by Gasteiger charge is -2.58. The highest BCUT2D eigenvalue weighted by molar-refractivity contribution is 5.98. The number of carbonyl (C=O) groups excluding carboxylic acids is 2. The van der Waals surface area contributed by atoms with Crippen LogP contribution >= 0.6 is 0 Å². The lowest BCUT2D eigenvalue weighted by Crippen LogP contribution is -2.56. The second-order valence-electron chi connectivity index (χ2n) is 19.5. The third-order valence-corrected chi connectivity index (χ3v) is 15.2. The number of phenols is 3. The van der Waals surface area contributed by atoms with Crippen LogP contribution in [-0.4, -0.2) is 72.4 Å². The van der Waals surface area contributed by atoms with Crippen LogP contribution in [0.4, 0.5) is 0 Å². The number of hydrogen-bond donors (Lipinski definition) is 5. The predicted molar refractivity (Wildman–Crippen MR) is 270 cm³/mol. The Morgan fingerprint density at radius 3 is 2.30 bits per heavy atom. The van der Waals surface area contributed by atoms with Crippen LogP contribution in [0.15, 0.2) is 115 Å². The maximum Gasteiger partial charge on any atom is 0.310 e. The highest BCUT2D eigenvalue weighted by atomic mass is 16.6. The molecular weight excluding hydrogens is 883 g/mol. The van der Waals surface area contributed by atoms with Gasteiger partial charge in [0.2, 0.25) is 0 Å². The normalized spacial score (nSPS) is 22.7. The van der Waals surface area contributed by atoms with Gasteiger partial charge in [-0.1, -0.05) is 72.8 Å². The quantitative estimate of drug-likeness (QED) is 0.0661. The molecule has 1 saturated carbocycles. The van der Waals surface area contributed by atoms with Crippen molar-refractivity contribution in [1.82, 2.24) is 5.32 Å². The van der Waals surface area contributed by atoms with Crippen LogP contribution in [0.25, 0.3) is 28.0 Å². The largest absolute Gasteiger partial charge is 0.508 e. The van der Waals surface area contributed by atoms with Gasteiger partial charge >= 0.3 is 11.9 Å². The molecule has 11 nitrogen and oxygen atoms in total. The molecule has 0 heterocycles. The second kappa shape index (κ2) is 20.6. The van der Waals surface area contributed by atoms with Gasteiger partial charge in [0.15, 0.2) is 23.0 Å². The highest BCUT2D eigenvalue weighted by Crippen LogP contribution is 2.62. The molecule has 0 aliphatic heterocycles. The van der Waals surface area contributed by atoms with E-state index < -0.39 is 29.6 Å². The van der Waals surface area contributed by atoms with Crippen molar-refractivity contribution >= 4 is 28.8 Å². The van der Waals surface area contributed by atoms with E-state index in [0.29, 0.717) is 56.6 Å². The Bertz CT molecular complexity index is 2910. The molecular formula is C59H63NO10. The number of nitrogens with one attached hydrogen (secondary N) is 1. The van der Waals surface area contributed by atoms with E-state index in [-0.39, 0.29) is 60.4 Å². The summed E-state index contributed by atoms with van der Waals surface area (Å²) < 4.78 is 24.6. The predicted octanol–water partition coefficient (Wildman–Crippen LogP) is 10.00. The highest BCUT2D eigenvalue weighted by Gasteiger charge is 2.58. The standard InChI is InChI=1S/C59H63NO10/c1-35(62)69-54-31-46(70-57(66)22-37-15-16-40-24-45(63)29-48(47(40)21-37)39-13-8-12-38(20-39)34-60-2)30-50-49-32-56(68-4)52(64)26-43(49)23-41(14-9-19-61)58(50)59(18-17-36-10-6-5-7-11-36)33-44-27-53(65)55(67-3)28-42(44)25-51(54)59/h5-8,10-13,15-18,20-21,24,26-29,32,41,46,50-51,54,58,60-61,63-65H,9,14,19,22-23,25,30-31,33-34H2,1-4H3/b18-17+/t41-,46+,50-,51-,54-,58-,59+/m1/s1. The number of aromatic hydroxyl groups is 3. The molecule has 3 aliphatic rings. The Balaban J connectivity index is 1.17. The maximum atomic E-state index is 14.6. The summed E-state index contributed by atoms with van der Waals surface area (Å²) >= 11 is 0. The molecule has 1 fully saturated rings. The number of rotatable bonds is 14. The van der Waals surface area contributed by atoms with Crippen molar-refractivity contribution in [3.05, 3.63) is 154 Å². The van der Waals surface area contributed by atoms with Crippen LogP contribution in [0.2, 0.25) is 0 Å². The van der Waals surface area contributed by atoms with Gasteiger partial charge in [0.05, 0.1) is 20.6 Å². The molecule has 7 atom stereocenters. The number of carbonyl (C=O) groups is 2. The number of aliphatic hydroxyl groups excluding tert-OH is 1. The molecule has 364 valence electrons. The molecule has 6 aromatic rings. The van der Waals surface area contributed by atoms with Gasteiger partial charge in [-0.15, -0.1) is 0 Å². The van der Waals surface area contributed by atoms with Gasteiger partial charge in [0, 0.05) is 37.8 Å². The molecule has 3 aliphatic carbocycles. The summed E-state index contributed by atoms with van der Waals surface area (Å²) in [5.74, 6) is -0.769. The number of esters is 2. The average molecular weight is 946 g/mol. The van der Waals surface area contributed by atoms with Gasteiger partial charge in [-0.25, -0.2) is 0 Å². The van der Waals surface area contributed by atoms with Crippen LogP contribution in [-0.2, 0) is 51.3 Å². The lowest BCUT2D eigenvalue weighted by molar-refractivity contribution is -0.165. The average Bonchev–Trinajstić information content (AvgIpc) is 3.34. The zero-order chi connectivity index (χ0) is 49.1. The van der Waals surface area contributed by atoms with Crippen molar-refractivity contribution in [2.75, 3.05) is 27.9 Å². The van der Waals surface area contributed by atoms with E-state index in [1.165, 1.54) is 21.1 Å². The number of allylic oxidation sites excluding steroid dienone is 1. The number of hydrogen-bond acceptors (Lipinski definition) is 11. The number of fused-ring (bicyclic) bond motifs is 7. The number of benzene rings is 6. The first-order chi connectivity index (χ1) is 33.9. The summed E-state index contributed by atoms with van der Waals surface area (Å²) in [4.78, 5) is 28.0. The van der Waals surface area contributed by atoms with Crippen molar-refractivity contribution in [3.8, 4) is 39.9 Å². The molecule has 0 amide bonds. The molecule has 9 rings (SSSR count).